The molecule has 0 spiro atoms. The average Bonchev–Trinajstić information content (AvgIpc) is 3.58. The summed E-state index contributed by atoms with van der Waals surface area (Å²) in [7, 11) is 1.40. The highest BCUT2D eigenvalue weighted by atomic mass is 19.2. The molecule has 2 aromatic rings. The predicted octanol–water partition coefficient (Wildman–Crippen LogP) is 1.26. The maximum Gasteiger partial charge on any atom is 0.410 e. The van der Waals surface area contributed by atoms with E-state index in [9.17, 15) is 33.0 Å². The molecule has 15 heteroatoms. The lowest BCUT2D eigenvalue weighted by Crippen LogP contribution is -2.57. The van der Waals surface area contributed by atoms with Crippen LogP contribution in [0.4, 0.5) is 18.0 Å². The van der Waals surface area contributed by atoms with Gasteiger partial charge in [0.25, 0.3) is 0 Å². The van der Waals surface area contributed by atoms with Crippen LogP contribution in [0.3, 0.4) is 0 Å². The molecule has 2 N–H and O–H groups in total. The quantitative estimate of drug-likeness (QED) is 0.461. The molecule has 0 aliphatic carbocycles. The first-order valence-electron chi connectivity index (χ1n) is 13.4. The summed E-state index contributed by atoms with van der Waals surface area (Å²) in [5.41, 5.74) is -0.0462. The Kier molecular flexibility index (Phi) is 8.50. The fourth-order valence-corrected chi connectivity index (χ4v) is 5.93. The Labute approximate surface area is 233 Å². The third-order valence-corrected chi connectivity index (χ3v) is 8.08. The van der Waals surface area contributed by atoms with Gasteiger partial charge in [0, 0.05) is 45.1 Å². The summed E-state index contributed by atoms with van der Waals surface area (Å²) in [5, 5.41) is 28.9. The smallest absolute Gasteiger partial charge is 0.410 e. The molecule has 2 amide bonds. The molecule has 0 radical (unpaired) electrons. The van der Waals surface area contributed by atoms with Crippen molar-refractivity contribution >= 4 is 12.0 Å². The van der Waals surface area contributed by atoms with E-state index in [0.29, 0.717) is 32.5 Å². The fraction of sp³-hybridized carbons (Fsp3) is 0.615. The number of carbonyl (C=O) groups is 2. The van der Waals surface area contributed by atoms with Crippen molar-refractivity contribution in [3.8, 4) is 11.3 Å². The largest absolute Gasteiger partial charge is 0.444 e. The number of rotatable bonds is 7. The number of likely N-dealkylation sites (tertiary alicyclic amines) is 1. The van der Waals surface area contributed by atoms with Crippen LogP contribution in [0.2, 0.25) is 0 Å². The van der Waals surface area contributed by atoms with Crippen LogP contribution >= 0.6 is 0 Å². The Morgan fingerprint density at radius 2 is 1.85 bits per heavy atom. The SMILES string of the molecule is CO[C@@H]1[C@@H](n2cc(-c3cc(F)c(F)c(F)c3)nn2)[C@@H](O)[C@@H](CO)O[C@@H]1C[C@@H]1CN(C2CCN(C(C)=O)CC2)C(=O)O1. The van der Waals surface area contributed by atoms with Gasteiger partial charge in [-0.25, -0.2) is 22.6 Å². The van der Waals surface area contributed by atoms with Gasteiger partial charge in [-0.05, 0) is 25.0 Å². The van der Waals surface area contributed by atoms with E-state index in [1.165, 1.54) is 24.9 Å². The van der Waals surface area contributed by atoms with Crippen LogP contribution in [0.5, 0.6) is 0 Å². The molecule has 1 aromatic heterocycles. The second-order valence-electron chi connectivity index (χ2n) is 10.5. The van der Waals surface area contributed by atoms with Gasteiger partial charge in [-0.3, -0.25) is 4.79 Å². The topological polar surface area (TPSA) is 139 Å². The molecule has 0 bridgehead atoms. The summed E-state index contributed by atoms with van der Waals surface area (Å²) in [6.45, 7) is 2.39. The standard InChI is InChI=1S/C26H32F3N5O7/c1-13(36)32-5-3-15(4-6-32)33-10-16(40-26(33)38)9-20-25(39-2)23(24(37)21(12-35)41-20)34-11-19(30-31-34)14-7-17(27)22(29)18(28)8-14/h7-8,11,15-16,20-21,23-25,35,37H,3-6,9-10,12H2,1-2H3/t16-,20-,21-,23+,24+,25+/m1/s1. The van der Waals surface area contributed by atoms with Crippen molar-refractivity contribution in [2.24, 2.45) is 0 Å². The molecule has 12 nitrogen and oxygen atoms in total. The fourth-order valence-electron chi connectivity index (χ4n) is 5.93. The van der Waals surface area contributed by atoms with Gasteiger partial charge in [-0.15, -0.1) is 5.10 Å². The van der Waals surface area contributed by atoms with Gasteiger partial charge in [0.2, 0.25) is 5.91 Å². The predicted molar refractivity (Wildman–Crippen MR) is 134 cm³/mol. The summed E-state index contributed by atoms with van der Waals surface area (Å²) in [6.07, 6.45) is -2.21. The highest BCUT2D eigenvalue weighted by Gasteiger charge is 2.49. The molecule has 0 unspecified atom stereocenters. The number of hydrogen-bond donors (Lipinski definition) is 2. The van der Waals surface area contributed by atoms with Crippen molar-refractivity contribution in [1.29, 1.82) is 0 Å². The van der Waals surface area contributed by atoms with Gasteiger partial charge in [0.1, 0.15) is 36.2 Å². The highest BCUT2D eigenvalue weighted by Crippen LogP contribution is 2.36. The van der Waals surface area contributed by atoms with Gasteiger partial charge in [-0.1, -0.05) is 5.21 Å². The second kappa shape index (κ2) is 11.9. The molecule has 3 aliphatic heterocycles. The lowest BCUT2D eigenvalue weighted by molar-refractivity contribution is -0.217. The van der Waals surface area contributed by atoms with E-state index < -0.39 is 66.7 Å². The summed E-state index contributed by atoms with van der Waals surface area (Å²) < 4.78 is 59.6. The summed E-state index contributed by atoms with van der Waals surface area (Å²) in [6, 6.07) is 0.550. The van der Waals surface area contributed by atoms with Crippen LogP contribution in [0.25, 0.3) is 11.3 Å². The number of halogens is 3. The molecule has 3 fully saturated rings. The van der Waals surface area contributed by atoms with Crippen molar-refractivity contribution in [3.05, 3.63) is 35.8 Å². The Bertz CT molecular complexity index is 1250. The van der Waals surface area contributed by atoms with Crippen molar-refractivity contribution in [1.82, 2.24) is 24.8 Å². The number of benzene rings is 1. The molecule has 224 valence electrons. The van der Waals surface area contributed by atoms with E-state index >= 15 is 0 Å². The Morgan fingerprint density at radius 1 is 1.17 bits per heavy atom. The zero-order valence-corrected chi connectivity index (χ0v) is 22.5. The number of nitrogens with zero attached hydrogens (tertiary/aromatic N) is 5. The first kappa shape index (κ1) is 29.2. The number of aliphatic hydroxyl groups is 2. The average molecular weight is 584 g/mol. The molecule has 5 rings (SSSR count). The third-order valence-electron chi connectivity index (χ3n) is 8.08. The lowest BCUT2D eigenvalue weighted by atomic mass is 9.89. The van der Waals surface area contributed by atoms with E-state index in [-0.39, 0.29) is 29.6 Å². The van der Waals surface area contributed by atoms with Crippen molar-refractivity contribution in [2.45, 2.75) is 68.8 Å². The number of cyclic esters (lactones) is 1. The van der Waals surface area contributed by atoms with Gasteiger partial charge in [0.05, 0.1) is 25.5 Å². The molecule has 3 aliphatic rings. The number of aromatic nitrogens is 3. The van der Waals surface area contributed by atoms with Gasteiger partial charge < -0.3 is 34.2 Å². The van der Waals surface area contributed by atoms with Crippen molar-refractivity contribution in [3.63, 3.8) is 0 Å². The van der Waals surface area contributed by atoms with Crippen LogP contribution in [0.15, 0.2) is 18.3 Å². The second-order valence-corrected chi connectivity index (χ2v) is 10.5. The van der Waals surface area contributed by atoms with Crippen LogP contribution in [-0.4, -0.2) is 117 Å². The van der Waals surface area contributed by atoms with Gasteiger partial charge in [-0.2, -0.15) is 0 Å². The molecule has 4 heterocycles. The number of carbonyl (C=O) groups excluding carboxylic acids is 2. The summed E-state index contributed by atoms with van der Waals surface area (Å²) in [4.78, 5) is 27.8. The number of hydrogen-bond acceptors (Lipinski definition) is 9. The maximum absolute atomic E-state index is 13.8. The molecule has 3 saturated heterocycles. The third kappa shape index (κ3) is 5.76. The Hall–Kier alpha value is -3.27. The number of piperidine rings is 1. The zero-order valence-electron chi connectivity index (χ0n) is 22.5. The zero-order chi connectivity index (χ0) is 29.4. The monoisotopic (exact) mass is 583 g/mol. The minimum Gasteiger partial charge on any atom is -0.444 e. The first-order chi connectivity index (χ1) is 19.6. The van der Waals surface area contributed by atoms with Crippen LogP contribution in [0, 0.1) is 17.5 Å². The van der Waals surface area contributed by atoms with Crippen LogP contribution < -0.4 is 0 Å². The van der Waals surface area contributed by atoms with E-state index in [2.05, 4.69) is 10.3 Å². The minimum absolute atomic E-state index is 0.00273. The van der Waals surface area contributed by atoms with E-state index in [0.717, 1.165) is 12.1 Å². The molecule has 1 aromatic carbocycles. The summed E-state index contributed by atoms with van der Waals surface area (Å²) in [5.74, 6) is -4.39. The van der Waals surface area contributed by atoms with Crippen LogP contribution in [0.1, 0.15) is 32.2 Å². The van der Waals surface area contributed by atoms with Crippen molar-refractivity contribution in [2.75, 3.05) is 33.4 Å². The molecule has 6 atom stereocenters. The highest BCUT2D eigenvalue weighted by molar-refractivity contribution is 5.73. The number of ether oxygens (including phenoxy) is 3. The number of aliphatic hydroxyl groups excluding tert-OH is 2. The van der Waals surface area contributed by atoms with Gasteiger partial charge in [0.15, 0.2) is 17.5 Å². The van der Waals surface area contributed by atoms with E-state index in [1.54, 1.807) is 9.80 Å². The lowest BCUT2D eigenvalue weighted by Gasteiger charge is -2.44. The Balaban J connectivity index is 1.32. The maximum atomic E-state index is 13.8. The van der Waals surface area contributed by atoms with Crippen LogP contribution in [-0.2, 0) is 19.0 Å². The number of methoxy groups -OCH3 is 1. The normalized spacial score (nSPS) is 29.2. The van der Waals surface area contributed by atoms with E-state index in [1.807, 2.05) is 0 Å². The van der Waals surface area contributed by atoms with E-state index in [4.69, 9.17) is 14.2 Å². The Morgan fingerprint density at radius 3 is 2.46 bits per heavy atom. The van der Waals surface area contributed by atoms with Gasteiger partial charge >= 0.3 is 6.09 Å². The molecule has 0 saturated carbocycles. The molecular weight excluding hydrogens is 551 g/mol. The molecular formula is C26H32F3N5O7. The van der Waals surface area contributed by atoms with Crippen molar-refractivity contribution < 1.29 is 47.2 Å². The number of amides is 2. The first-order valence-corrected chi connectivity index (χ1v) is 13.4. The molecule has 41 heavy (non-hydrogen) atoms. The minimum atomic E-state index is -1.61. The summed E-state index contributed by atoms with van der Waals surface area (Å²) >= 11 is 0.